The highest BCUT2D eigenvalue weighted by Crippen LogP contribution is 2.33. The summed E-state index contributed by atoms with van der Waals surface area (Å²) in [4.78, 5) is 33.4. The number of nitrogens with zero attached hydrogens (tertiary/aromatic N) is 2. The minimum absolute atomic E-state index is 0.0261. The number of amides is 1. The first-order chi connectivity index (χ1) is 16.2. The van der Waals surface area contributed by atoms with E-state index >= 15 is 0 Å². The first kappa shape index (κ1) is 23.3. The van der Waals surface area contributed by atoms with Crippen molar-refractivity contribution in [2.45, 2.75) is 26.8 Å². The summed E-state index contributed by atoms with van der Waals surface area (Å²) >= 11 is 5.93. The number of anilines is 1. The Bertz CT molecular complexity index is 1480. The molecule has 0 aliphatic rings. The summed E-state index contributed by atoms with van der Waals surface area (Å²) < 4.78 is 11.6. The third-order valence-electron chi connectivity index (χ3n) is 5.53. The molecule has 0 aliphatic carbocycles. The van der Waals surface area contributed by atoms with E-state index in [0.717, 1.165) is 11.1 Å². The number of fused-ring (bicyclic) bond motifs is 1. The van der Waals surface area contributed by atoms with E-state index in [1.807, 2.05) is 19.9 Å². The monoisotopic (exact) mass is 478 g/mol. The molecule has 8 nitrogen and oxygen atoms in total. The molecule has 0 fully saturated rings. The molecule has 3 N–H and O–H groups in total. The zero-order chi connectivity index (χ0) is 24.6. The lowest BCUT2D eigenvalue weighted by molar-refractivity contribution is 0.0996. The van der Waals surface area contributed by atoms with E-state index in [2.05, 4.69) is 15.3 Å². The minimum atomic E-state index is -0.706. The van der Waals surface area contributed by atoms with Gasteiger partial charge < -0.3 is 20.2 Å². The Balaban J connectivity index is 1.89. The Kier molecular flexibility index (Phi) is 6.26. The molecule has 174 valence electrons. The lowest BCUT2D eigenvalue weighted by atomic mass is 9.99. The summed E-state index contributed by atoms with van der Waals surface area (Å²) in [6.07, 6.45) is 1.59. The standard InChI is InChI=1S/C25H23ClN4O4/c1-12-9-16(14(3)29-18-5-6-19(26)30-21(18)25(27)32)24-17(10-12)22(31)13(2)23(34-24)15-7-8-28-20(11-15)33-4/h5-11,14,29H,1-4H3,(H2,27,32)/t14-/m1/s1. The van der Waals surface area contributed by atoms with Crippen LogP contribution in [-0.4, -0.2) is 23.0 Å². The largest absolute Gasteiger partial charge is 0.481 e. The maximum atomic E-state index is 13.3. The summed E-state index contributed by atoms with van der Waals surface area (Å²) in [7, 11) is 1.52. The van der Waals surface area contributed by atoms with Crippen molar-refractivity contribution in [3.8, 4) is 17.2 Å². The molecule has 0 aliphatic heterocycles. The molecule has 1 aromatic carbocycles. The van der Waals surface area contributed by atoms with Crippen LogP contribution >= 0.6 is 11.6 Å². The number of halogens is 1. The molecule has 0 bridgehead atoms. The summed E-state index contributed by atoms with van der Waals surface area (Å²) in [5.41, 5.74) is 9.03. The van der Waals surface area contributed by atoms with Crippen LogP contribution in [-0.2, 0) is 0 Å². The summed E-state index contributed by atoms with van der Waals surface area (Å²) in [6.45, 7) is 5.53. The fourth-order valence-electron chi connectivity index (χ4n) is 3.88. The van der Waals surface area contributed by atoms with Crippen LogP contribution in [0.25, 0.3) is 22.3 Å². The van der Waals surface area contributed by atoms with Crippen molar-refractivity contribution < 1.29 is 13.9 Å². The van der Waals surface area contributed by atoms with E-state index in [1.54, 1.807) is 43.5 Å². The maximum Gasteiger partial charge on any atom is 0.269 e. The van der Waals surface area contributed by atoms with Crippen molar-refractivity contribution in [1.82, 2.24) is 9.97 Å². The highest BCUT2D eigenvalue weighted by atomic mass is 35.5. The van der Waals surface area contributed by atoms with E-state index in [0.29, 0.717) is 39.4 Å². The second kappa shape index (κ2) is 9.15. The van der Waals surface area contributed by atoms with Crippen molar-refractivity contribution in [3.63, 3.8) is 0 Å². The predicted molar refractivity (Wildman–Crippen MR) is 132 cm³/mol. The second-order valence-corrected chi connectivity index (χ2v) is 8.35. The Hall–Kier alpha value is -3.91. The van der Waals surface area contributed by atoms with Crippen molar-refractivity contribution >= 4 is 34.2 Å². The molecule has 3 aromatic heterocycles. The molecule has 0 spiro atoms. The molecule has 0 saturated carbocycles. The van der Waals surface area contributed by atoms with Gasteiger partial charge in [-0.1, -0.05) is 17.7 Å². The van der Waals surface area contributed by atoms with E-state index < -0.39 is 5.91 Å². The number of primary amides is 1. The van der Waals surface area contributed by atoms with Gasteiger partial charge in [0.15, 0.2) is 11.1 Å². The molecular formula is C25H23ClN4O4. The maximum absolute atomic E-state index is 13.3. The van der Waals surface area contributed by atoms with Gasteiger partial charge in [0.1, 0.15) is 16.5 Å². The molecule has 3 heterocycles. The lowest BCUT2D eigenvalue weighted by Gasteiger charge is -2.20. The molecule has 1 atom stereocenters. The summed E-state index contributed by atoms with van der Waals surface area (Å²) in [5, 5.41) is 3.88. The molecule has 4 aromatic rings. The van der Waals surface area contributed by atoms with E-state index in [1.165, 1.54) is 7.11 Å². The average molecular weight is 479 g/mol. The van der Waals surface area contributed by atoms with Gasteiger partial charge in [0.25, 0.3) is 5.91 Å². The normalized spacial score (nSPS) is 11.9. The number of nitrogens with one attached hydrogen (secondary N) is 1. The summed E-state index contributed by atoms with van der Waals surface area (Å²) in [5.74, 6) is 0.136. The number of aryl methyl sites for hydroxylation is 1. The number of hydrogen-bond acceptors (Lipinski definition) is 7. The van der Waals surface area contributed by atoms with Crippen LogP contribution in [0.3, 0.4) is 0 Å². The van der Waals surface area contributed by atoms with E-state index in [-0.39, 0.29) is 22.3 Å². The van der Waals surface area contributed by atoms with Crippen LogP contribution < -0.4 is 21.2 Å². The fourth-order valence-corrected chi connectivity index (χ4v) is 4.03. The van der Waals surface area contributed by atoms with Crippen LogP contribution in [0, 0.1) is 13.8 Å². The van der Waals surface area contributed by atoms with Crippen LogP contribution in [0.15, 0.2) is 51.8 Å². The number of nitrogens with two attached hydrogens (primary N) is 1. The van der Waals surface area contributed by atoms with Gasteiger partial charge in [-0.25, -0.2) is 9.97 Å². The highest BCUT2D eigenvalue weighted by molar-refractivity contribution is 6.29. The van der Waals surface area contributed by atoms with Crippen molar-refractivity contribution in [2.75, 3.05) is 12.4 Å². The topological polar surface area (TPSA) is 120 Å². The van der Waals surface area contributed by atoms with Gasteiger partial charge in [0.2, 0.25) is 5.88 Å². The average Bonchev–Trinajstić information content (AvgIpc) is 2.82. The first-order valence-electron chi connectivity index (χ1n) is 10.5. The number of carbonyl (C=O) groups excluding carboxylic acids is 1. The lowest BCUT2D eigenvalue weighted by Crippen LogP contribution is -2.18. The first-order valence-corrected chi connectivity index (χ1v) is 10.9. The van der Waals surface area contributed by atoms with Gasteiger partial charge in [-0.2, -0.15) is 0 Å². The summed E-state index contributed by atoms with van der Waals surface area (Å²) in [6, 6.07) is 10.0. The van der Waals surface area contributed by atoms with Gasteiger partial charge in [0, 0.05) is 29.0 Å². The van der Waals surface area contributed by atoms with Gasteiger partial charge in [-0.15, -0.1) is 0 Å². The smallest absolute Gasteiger partial charge is 0.269 e. The van der Waals surface area contributed by atoms with Crippen molar-refractivity contribution in [1.29, 1.82) is 0 Å². The number of carbonyl (C=O) groups is 1. The molecule has 1 amide bonds. The van der Waals surface area contributed by atoms with Crippen LogP contribution in [0.1, 0.15) is 40.1 Å². The zero-order valence-corrected chi connectivity index (χ0v) is 19.9. The number of ether oxygens (including phenoxy) is 1. The van der Waals surface area contributed by atoms with Gasteiger partial charge in [0.05, 0.1) is 24.2 Å². The third-order valence-corrected chi connectivity index (χ3v) is 5.74. The van der Waals surface area contributed by atoms with Gasteiger partial charge in [-0.05, 0) is 50.6 Å². The highest BCUT2D eigenvalue weighted by Gasteiger charge is 2.21. The number of hydrogen-bond donors (Lipinski definition) is 2. The zero-order valence-electron chi connectivity index (χ0n) is 19.1. The number of benzene rings is 1. The number of methoxy groups -OCH3 is 1. The Labute approximate surface area is 200 Å². The number of pyridine rings is 2. The van der Waals surface area contributed by atoms with Crippen LogP contribution in [0.5, 0.6) is 5.88 Å². The predicted octanol–water partition coefficient (Wildman–Crippen LogP) is 4.80. The molecule has 9 heteroatoms. The van der Waals surface area contributed by atoms with Crippen LogP contribution in [0.2, 0.25) is 5.15 Å². The molecule has 0 saturated heterocycles. The van der Waals surface area contributed by atoms with E-state index in [9.17, 15) is 9.59 Å². The van der Waals surface area contributed by atoms with Gasteiger partial charge >= 0.3 is 0 Å². The molecule has 0 radical (unpaired) electrons. The molecule has 0 unspecified atom stereocenters. The Morgan fingerprint density at radius 1 is 1.21 bits per heavy atom. The Morgan fingerprint density at radius 3 is 2.68 bits per heavy atom. The number of aromatic nitrogens is 2. The molecule has 4 rings (SSSR count). The quantitative estimate of drug-likeness (QED) is 0.382. The van der Waals surface area contributed by atoms with E-state index in [4.69, 9.17) is 26.5 Å². The fraction of sp³-hybridized carbons (Fsp3) is 0.200. The number of rotatable bonds is 6. The Morgan fingerprint density at radius 2 is 1.97 bits per heavy atom. The minimum Gasteiger partial charge on any atom is -0.481 e. The van der Waals surface area contributed by atoms with Crippen molar-refractivity contribution in [3.05, 3.63) is 80.4 Å². The van der Waals surface area contributed by atoms with Gasteiger partial charge in [-0.3, -0.25) is 9.59 Å². The third kappa shape index (κ3) is 4.32. The second-order valence-electron chi connectivity index (χ2n) is 7.96. The van der Waals surface area contributed by atoms with Crippen molar-refractivity contribution in [2.24, 2.45) is 5.73 Å². The SMILES string of the molecule is COc1cc(-c2oc3c([C@@H](C)Nc4ccc(Cl)nc4C(N)=O)cc(C)cc3c(=O)c2C)ccn1. The molecule has 34 heavy (non-hydrogen) atoms. The molecular weight excluding hydrogens is 456 g/mol. The van der Waals surface area contributed by atoms with Crippen LogP contribution in [0.4, 0.5) is 5.69 Å².